The molecule has 0 spiro atoms. The van der Waals surface area contributed by atoms with Gasteiger partial charge in [0.2, 0.25) is 5.91 Å². The Kier molecular flexibility index (Phi) is 8.99. The van der Waals surface area contributed by atoms with E-state index in [1.54, 1.807) is 26.0 Å². The van der Waals surface area contributed by atoms with Gasteiger partial charge in [-0.2, -0.15) is 0 Å². The average molecular weight is 545 g/mol. The highest BCUT2D eigenvalue weighted by atomic mass is 32.2. The SMILES string of the molecule is CCOC(=O)c1c(-c2ccccc2)csc1NC(=O)C(C)Sc1cccc(NC(=O)c2ccc(C)cc2)c1. The van der Waals surface area contributed by atoms with E-state index < -0.39 is 11.2 Å². The number of rotatable bonds is 9. The fourth-order valence-electron chi connectivity index (χ4n) is 3.71. The Morgan fingerprint density at radius 1 is 0.947 bits per heavy atom. The normalized spacial score (nSPS) is 11.4. The summed E-state index contributed by atoms with van der Waals surface area (Å²) in [5.74, 6) is -0.910. The van der Waals surface area contributed by atoms with Crippen molar-refractivity contribution in [3.63, 3.8) is 0 Å². The molecule has 1 aromatic heterocycles. The molecule has 4 rings (SSSR count). The number of ether oxygens (including phenoxy) is 1. The third kappa shape index (κ3) is 6.70. The molecule has 38 heavy (non-hydrogen) atoms. The molecular formula is C30H28N2O4S2. The van der Waals surface area contributed by atoms with Crippen molar-refractivity contribution in [2.45, 2.75) is 30.9 Å². The summed E-state index contributed by atoms with van der Waals surface area (Å²) < 4.78 is 5.29. The largest absolute Gasteiger partial charge is 0.462 e. The van der Waals surface area contributed by atoms with Gasteiger partial charge in [-0.25, -0.2) is 4.79 Å². The van der Waals surface area contributed by atoms with Crippen LogP contribution in [-0.4, -0.2) is 29.6 Å². The number of esters is 1. The van der Waals surface area contributed by atoms with Gasteiger partial charge in [-0.3, -0.25) is 9.59 Å². The van der Waals surface area contributed by atoms with E-state index >= 15 is 0 Å². The van der Waals surface area contributed by atoms with Crippen molar-refractivity contribution in [3.8, 4) is 11.1 Å². The molecule has 6 nitrogen and oxygen atoms in total. The number of nitrogens with one attached hydrogen (secondary N) is 2. The summed E-state index contributed by atoms with van der Waals surface area (Å²) >= 11 is 2.66. The van der Waals surface area contributed by atoms with Crippen LogP contribution in [0.3, 0.4) is 0 Å². The Morgan fingerprint density at radius 3 is 2.39 bits per heavy atom. The van der Waals surface area contributed by atoms with Crippen LogP contribution in [0.1, 0.15) is 40.1 Å². The lowest BCUT2D eigenvalue weighted by molar-refractivity contribution is -0.115. The predicted molar refractivity (Wildman–Crippen MR) is 155 cm³/mol. The maximum absolute atomic E-state index is 13.1. The number of hydrogen-bond donors (Lipinski definition) is 2. The van der Waals surface area contributed by atoms with E-state index in [-0.39, 0.29) is 18.4 Å². The Labute approximate surface area is 230 Å². The van der Waals surface area contributed by atoms with Crippen molar-refractivity contribution >= 4 is 51.6 Å². The van der Waals surface area contributed by atoms with E-state index in [4.69, 9.17) is 4.74 Å². The number of benzene rings is 3. The zero-order valence-electron chi connectivity index (χ0n) is 21.3. The monoisotopic (exact) mass is 544 g/mol. The summed E-state index contributed by atoms with van der Waals surface area (Å²) in [5.41, 5.74) is 4.25. The van der Waals surface area contributed by atoms with Crippen molar-refractivity contribution in [1.82, 2.24) is 0 Å². The lowest BCUT2D eigenvalue weighted by Gasteiger charge is -2.14. The Balaban J connectivity index is 1.46. The molecule has 1 heterocycles. The molecule has 0 fully saturated rings. The van der Waals surface area contributed by atoms with E-state index in [2.05, 4.69) is 10.6 Å². The number of anilines is 2. The number of aryl methyl sites for hydroxylation is 1. The van der Waals surface area contributed by atoms with Crippen LogP contribution in [0.25, 0.3) is 11.1 Å². The zero-order valence-corrected chi connectivity index (χ0v) is 22.9. The first kappa shape index (κ1) is 27.2. The Morgan fingerprint density at radius 2 is 1.68 bits per heavy atom. The van der Waals surface area contributed by atoms with E-state index in [0.717, 1.165) is 21.6 Å². The average Bonchev–Trinajstić information content (AvgIpc) is 3.33. The van der Waals surface area contributed by atoms with Crippen molar-refractivity contribution in [2.24, 2.45) is 0 Å². The second kappa shape index (κ2) is 12.6. The number of carbonyl (C=O) groups is 3. The minimum Gasteiger partial charge on any atom is -0.462 e. The number of thioether (sulfide) groups is 1. The van der Waals surface area contributed by atoms with Crippen LogP contribution in [0.15, 0.2) is 89.1 Å². The molecule has 0 saturated carbocycles. The van der Waals surface area contributed by atoms with Gasteiger partial charge in [0.1, 0.15) is 10.6 Å². The smallest absolute Gasteiger partial charge is 0.341 e. The standard InChI is InChI=1S/C30H28N2O4S2/c1-4-36-30(35)26-25(21-9-6-5-7-10-21)18-37-29(26)32-27(33)20(3)38-24-12-8-11-23(17-24)31-28(34)22-15-13-19(2)14-16-22/h5-18,20H,4H2,1-3H3,(H,31,34)(H,32,33). The van der Waals surface area contributed by atoms with Gasteiger partial charge in [-0.1, -0.05) is 54.1 Å². The number of amides is 2. The van der Waals surface area contributed by atoms with Crippen molar-refractivity contribution < 1.29 is 19.1 Å². The lowest BCUT2D eigenvalue weighted by atomic mass is 10.0. The number of carbonyl (C=O) groups excluding carboxylic acids is 3. The number of thiophene rings is 1. The second-order valence-electron chi connectivity index (χ2n) is 8.54. The van der Waals surface area contributed by atoms with Gasteiger partial charge in [0, 0.05) is 27.1 Å². The summed E-state index contributed by atoms with van der Waals surface area (Å²) in [7, 11) is 0. The predicted octanol–water partition coefficient (Wildman–Crippen LogP) is 7.27. The van der Waals surface area contributed by atoms with E-state index in [1.807, 2.05) is 79.0 Å². The highest BCUT2D eigenvalue weighted by Crippen LogP contribution is 2.37. The fourth-order valence-corrected chi connectivity index (χ4v) is 5.60. The third-order valence-electron chi connectivity index (χ3n) is 5.68. The molecule has 3 aromatic carbocycles. The van der Waals surface area contributed by atoms with Crippen molar-refractivity contribution in [1.29, 1.82) is 0 Å². The molecule has 0 radical (unpaired) electrons. The van der Waals surface area contributed by atoms with Gasteiger partial charge >= 0.3 is 5.97 Å². The van der Waals surface area contributed by atoms with Crippen LogP contribution in [0.5, 0.6) is 0 Å². The highest BCUT2D eigenvalue weighted by Gasteiger charge is 2.24. The molecule has 0 aliphatic rings. The summed E-state index contributed by atoms with van der Waals surface area (Å²) in [4.78, 5) is 39.3. The second-order valence-corrected chi connectivity index (χ2v) is 10.8. The molecule has 0 bridgehead atoms. The van der Waals surface area contributed by atoms with Gasteiger partial charge < -0.3 is 15.4 Å². The van der Waals surface area contributed by atoms with Crippen LogP contribution >= 0.6 is 23.1 Å². The summed E-state index contributed by atoms with van der Waals surface area (Å²) in [6, 6.07) is 24.3. The molecule has 0 aliphatic carbocycles. The third-order valence-corrected chi connectivity index (χ3v) is 7.67. The van der Waals surface area contributed by atoms with Crippen LogP contribution in [0.4, 0.5) is 10.7 Å². The van der Waals surface area contributed by atoms with Gasteiger partial charge in [0.05, 0.1) is 11.9 Å². The van der Waals surface area contributed by atoms with Crippen LogP contribution in [0, 0.1) is 6.92 Å². The maximum atomic E-state index is 13.1. The lowest BCUT2D eigenvalue weighted by Crippen LogP contribution is -2.23. The molecule has 0 saturated heterocycles. The summed E-state index contributed by atoms with van der Waals surface area (Å²) in [5, 5.41) is 7.68. The maximum Gasteiger partial charge on any atom is 0.341 e. The first-order chi connectivity index (χ1) is 18.4. The molecule has 8 heteroatoms. The first-order valence-corrected chi connectivity index (χ1v) is 13.9. The molecule has 1 atom stereocenters. The Hall–Kier alpha value is -3.88. The van der Waals surface area contributed by atoms with E-state index in [1.165, 1.54) is 23.1 Å². The van der Waals surface area contributed by atoms with Crippen molar-refractivity contribution in [3.05, 3.63) is 101 Å². The van der Waals surface area contributed by atoms with Gasteiger partial charge in [-0.15, -0.1) is 23.1 Å². The van der Waals surface area contributed by atoms with Gasteiger partial charge in [0.25, 0.3) is 5.91 Å². The van der Waals surface area contributed by atoms with E-state index in [0.29, 0.717) is 21.8 Å². The van der Waals surface area contributed by atoms with Crippen LogP contribution in [0.2, 0.25) is 0 Å². The Bertz CT molecular complexity index is 1430. The van der Waals surface area contributed by atoms with Gasteiger partial charge in [-0.05, 0) is 56.7 Å². The first-order valence-electron chi connectivity index (χ1n) is 12.2. The van der Waals surface area contributed by atoms with E-state index in [9.17, 15) is 14.4 Å². The highest BCUT2D eigenvalue weighted by molar-refractivity contribution is 8.00. The fraction of sp³-hybridized carbons (Fsp3) is 0.167. The van der Waals surface area contributed by atoms with Crippen LogP contribution in [-0.2, 0) is 9.53 Å². The quantitative estimate of drug-likeness (QED) is 0.171. The molecular weight excluding hydrogens is 516 g/mol. The summed E-state index contributed by atoms with van der Waals surface area (Å²) in [6.45, 7) is 5.76. The van der Waals surface area contributed by atoms with Crippen molar-refractivity contribution in [2.75, 3.05) is 17.2 Å². The minimum absolute atomic E-state index is 0.198. The molecule has 2 N–H and O–H groups in total. The molecule has 2 amide bonds. The topological polar surface area (TPSA) is 84.5 Å². The zero-order chi connectivity index (χ0) is 27.1. The number of hydrogen-bond acceptors (Lipinski definition) is 6. The molecule has 194 valence electrons. The van der Waals surface area contributed by atoms with Crippen LogP contribution < -0.4 is 10.6 Å². The molecule has 1 unspecified atom stereocenters. The van der Waals surface area contributed by atoms with Gasteiger partial charge in [0.15, 0.2) is 0 Å². The minimum atomic E-state index is -0.472. The molecule has 0 aliphatic heterocycles. The summed E-state index contributed by atoms with van der Waals surface area (Å²) in [6.07, 6.45) is 0. The molecule has 4 aromatic rings.